The summed E-state index contributed by atoms with van der Waals surface area (Å²) >= 11 is 0. The average Bonchev–Trinajstić information content (AvgIpc) is 2.30. The predicted molar refractivity (Wildman–Crippen MR) is 66.5 cm³/mol. The fourth-order valence-electron chi connectivity index (χ4n) is 1.37. The number of carbonyl (C=O) groups excluding carboxylic acids is 1. The Balaban J connectivity index is 2.32. The molecule has 0 aliphatic rings. The molecule has 1 rings (SSSR count). The molecule has 17 heavy (non-hydrogen) atoms. The van der Waals surface area contributed by atoms with E-state index in [1.54, 1.807) is 18.3 Å². The number of ether oxygens (including phenoxy) is 1. The zero-order valence-electron chi connectivity index (χ0n) is 10.3. The van der Waals surface area contributed by atoms with E-state index >= 15 is 0 Å². The van der Waals surface area contributed by atoms with Crippen LogP contribution in [0.3, 0.4) is 0 Å². The normalized spacial score (nSPS) is 12.1. The number of hydrogen-bond acceptors (Lipinski definition) is 4. The summed E-state index contributed by atoms with van der Waals surface area (Å²) in [6.45, 7) is 5.01. The van der Waals surface area contributed by atoms with Crippen LogP contribution >= 0.6 is 0 Å². The number of nitrogens with zero attached hydrogens (tertiary/aromatic N) is 1. The van der Waals surface area contributed by atoms with Crippen molar-refractivity contribution < 1.29 is 9.53 Å². The minimum atomic E-state index is -0.0613. The molecule has 1 atom stereocenters. The molecular formula is C12H19N3O2. The second kappa shape index (κ2) is 6.85. The van der Waals surface area contributed by atoms with Gasteiger partial charge in [0.2, 0.25) is 5.91 Å². The van der Waals surface area contributed by atoms with Gasteiger partial charge in [0.25, 0.3) is 0 Å². The third-order valence-corrected chi connectivity index (χ3v) is 2.23. The molecule has 3 N–H and O–H groups in total. The number of nitrogens with one attached hydrogen (secondary N) is 1. The van der Waals surface area contributed by atoms with E-state index in [9.17, 15) is 4.79 Å². The molecule has 1 aromatic heterocycles. The van der Waals surface area contributed by atoms with Gasteiger partial charge in [0.15, 0.2) is 0 Å². The van der Waals surface area contributed by atoms with Gasteiger partial charge < -0.3 is 15.8 Å². The zero-order chi connectivity index (χ0) is 12.7. The number of pyridine rings is 1. The SMILES string of the molecule is CCOC(C)CNC(=O)Cc1ccc(N)cn1. The Kier molecular flexibility index (Phi) is 5.42. The van der Waals surface area contributed by atoms with Crippen LogP contribution in [0.5, 0.6) is 0 Å². The summed E-state index contributed by atoms with van der Waals surface area (Å²) in [4.78, 5) is 15.6. The number of nitrogen functional groups attached to an aromatic ring is 1. The number of anilines is 1. The largest absolute Gasteiger partial charge is 0.397 e. The molecule has 0 radical (unpaired) electrons. The number of nitrogens with two attached hydrogens (primary N) is 1. The minimum absolute atomic E-state index is 0.0309. The summed E-state index contributed by atoms with van der Waals surface area (Å²) < 4.78 is 5.31. The molecule has 0 bridgehead atoms. The van der Waals surface area contributed by atoms with Gasteiger partial charge in [0.1, 0.15) is 0 Å². The van der Waals surface area contributed by atoms with Gasteiger partial charge in [0, 0.05) is 18.8 Å². The van der Waals surface area contributed by atoms with Crippen LogP contribution in [-0.4, -0.2) is 30.1 Å². The summed E-state index contributed by atoms with van der Waals surface area (Å²) in [6.07, 6.45) is 1.84. The van der Waals surface area contributed by atoms with E-state index in [-0.39, 0.29) is 18.4 Å². The van der Waals surface area contributed by atoms with Crippen LogP contribution in [0, 0.1) is 0 Å². The smallest absolute Gasteiger partial charge is 0.226 e. The molecule has 0 saturated carbocycles. The highest BCUT2D eigenvalue weighted by molar-refractivity contribution is 5.78. The van der Waals surface area contributed by atoms with E-state index in [0.717, 1.165) is 0 Å². The Morgan fingerprint density at radius 3 is 2.94 bits per heavy atom. The molecule has 5 nitrogen and oxygen atoms in total. The lowest BCUT2D eigenvalue weighted by atomic mass is 10.2. The molecule has 0 saturated heterocycles. The van der Waals surface area contributed by atoms with Crippen LogP contribution in [0.15, 0.2) is 18.3 Å². The van der Waals surface area contributed by atoms with Crippen molar-refractivity contribution in [2.24, 2.45) is 0 Å². The molecule has 0 aromatic carbocycles. The highest BCUT2D eigenvalue weighted by Gasteiger charge is 2.06. The topological polar surface area (TPSA) is 77.2 Å². The van der Waals surface area contributed by atoms with Crippen LogP contribution in [-0.2, 0) is 16.0 Å². The van der Waals surface area contributed by atoms with Crippen LogP contribution in [0.25, 0.3) is 0 Å². The standard InChI is InChI=1S/C12H19N3O2/c1-3-17-9(2)7-15-12(16)6-11-5-4-10(13)8-14-11/h4-5,8-9H,3,6-7,13H2,1-2H3,(H,15,16). The molecular weight excluding hydrogens is 218 g/mol. The molecule has 1 heterocycles. The summed E-state index contributed by atoms with van der Waals surface area (Å²) in [6, 6.07) is 3.49. The van der Waals surface area contributed by atoms with Crippen LogP contribution in [0.2, 0.25) is 0 Å². The van der Waals surface area contributed by atoms with Crippen molar-refractivity contribution in [3.63, 3.8) is 0 Å². The fourth-order valence-corrected chi connectivity index (χ4v) is 1.37. The van der Waals surface area contributed by atoms with Gasteiger partial charge in [-0.15, -0.1) is 0 Å². The van der Waals surface area contributed by atoms with E-state index in [4.69, 9.17) is 10.5 Å². The minimum Gasteiger partial charge on any atom is -0.397 e. The molecule has 5 heteroatoms. The fraction of sp³-hybridized carbons (Fsp3) is 0.500. The Morgan fingerprint density at radius 2 is 2.35 bits per heavy atom. The van der Waals surface area contributed by atoms with Crippen LogP contribution in [0.4, 0.5) is 5.69 Å². The predicted octanol–water partition coefficient (Wildman–Crippen LogP) is 0.747. The Bertz CT molecular complexity index is 351. The zero-order valence-corrected chi connectivity index (χ0v) is 10.3. The Hall–Kier alpha value is -1.62. The number of aromatic nitrogens is 1. The third-order valence-electron chi connectivity index (χ3n) is 2.23. The van der Waals surface area contributed by atoms with E-state index in [0.29, 0.717) is 24.5 Å². The van der Waals surface area contributed by atoms with Crippen molar-refractivity contribution in [3.8, 4) is 0 Å². The molecule has 0 fully saturated rings. The molecule has 1 unspecified atom stereocenters. The maximum Gasteiger partial charge on any atom is 0.226 e. The quantitative estimate of drug-likeness (QED) is 0.765. The summed E-state index contributed by atoms with van der Waals surface area (Å²) in [5, 5.41) is 2.80. The lowest BCUT2D eigenvalue weighted by Gasteiger charge is -2.12. The molecule has 94 valence electrons. The Labute approximate surface area is 101 Å². The summed E-state index contributed by atoms with van der Waals surface area (Å²) in [7, 11) is 0. The van der Waals surface area contributed by atoms with Crippen molar-refractivity contribution in [2.75, 3.05) is 18.9 Å². The van der Waals surface area contributed by atoms with E-state index in [1.165, 1.54) is 0 Å². The summed E-state index contributed by atoms with van der Waals surface area (Å²) in [5.41, 5.74) is 6.82. The first-order valence-corrected chi connectivity index (χ1v) is 5.70. The lowest BCUT2D eigenvalue weighted by molar-refractivity contribution is -0.121. The van der Waals surface area contributed by atoms with Gasteiger partial charge in [-0.05, 0) is 26.0 Å². The first-order chi connectivity index (χ1) is 8.11. The van der Waals surface area contributed by atoms with Gasteiger partial charge >= 0.3 is 0 Å². The second-order valence-electron chi connectivity index (χ2n) is 3.83. The Morgan fingerprint density at radius 1 is 1.59 bits per heavy atom. The van der Waals surface area contributed by atoms with Crippen molar-refractivity contribution >= 4 is 11.6 Å². The van der Waals surface area contributed by atoms with Crippen molar-refractivity contribution in [1.29, 1.82) is 0 Å². The average molecular weight is 237 g/mol. The molecule has 0 spiro atoms. The molecule has 0 aliphatic carbocycles. The first kappa shape index (κ1) is 13.4. The van der Waals surface area contributed by atoms with Gasteiger partial charge in [-0.3, -0.25) is 9.78 Å². The third kappa shape index (κ3) is 5.31. The van der Waals surface area contributed by atoms with Gasteiger partial charge in [-0.25, -0.2) is 0 Å². The number of carbonyl (C=O) groups is 1. The van der Waals surface area contributed by atoms with Gasteiger partial charge in [0.05, 0.1) is 24.4 Å². The van der Waals surface area contributed by atoms with E-state index in [1.807, 2.05) is 13.8 Å². The maximum atomic E-state index is 11.6. The highest BCUT2D eigenvalue weighted by Crippen LogP contribution is 2.01. The monoisotopic (exact) mass is 237 g/mol. The second-order valence-corrected chi connectivity index (χ2v) is 3.83. The summed E-state index contributed by atoms with van der Waals surface area (Å²) in [5.74, 6) is -0.0613. The first-order valence-electron chi connectivity index (χ1n) is 5.70. The van der Waals surface area contributed by atoms with Crippen molar-refractivity contribution in [3.05, 3.63) is 24.0 Å². The number of rotatable bonds is 6. The molecule has 1 aromatic rings. The van der Waals surface area contributed by atoms with E-state index in [2.05, 4.69) is 10.3 Å². The molecule has 1 amide bonds. The highest BCUT2D eigenvalue weighted by atomic mass is 16.5. The number of amides is 1. The van der Waals surface area contributed by atoms with Crippen LogP contribution in [0.1, 0.15) is 19.5 Å². The van der Waals surface area contributed by atoms with Crippen molar-refractivity contribution in [1.82, 2.24) is 10.3 Å². The van der Waals surface area contributed by atoms with Gasteiger partial charge in [-0.2, -0.15) is 0 Å². The number of hydrogen-bond donors (Lipinski definition) is 2. The maximum absolute atomic E-state index is 11.6. The van der Waals surface area contributed by atoms with Gasteiger partial charge in [-0.1, -0.05) is 0 Å². The lowest BCUT2D eigenvalue weighted by Crippen LogP contribution is -2.33. The molecule has 0 aliphatic heterocycles. The van der Waals surface area contributed by atoms with Crippen LogP contribution < -0.4 is 11.1 Å². The van der Waals surface area contributed by atoms with Crippen molar-refractivity contribution in [2.45, 2.75) is 26.4 Å². The van der Waals surface area contributed by atoms with E-state index < -0.39 is 0 Å².